The number of nitrogens with one attached hydrogen (secondary N) is 2. The van der Waals surface area contributed by atoms with E-state index in [9.17, 15) is 27.2 Å². The molecule has 33 heavy (non-hydrogen) atoms. The molecule has 8 nitrogen and oxygen atoms in total. The molecule has 4 rings (SSSR count). The van der Waals surface area contributed by atoms with E-state index in [0.717, 1.165) is 12.8 Å². The van der Waals surface area contributed by atoms with E-state index in [1.807, 2.05) is 4.90 Å². The number of amides is 3. The molecular formula is C21H22F4N6O2. The van der Waals surface area contributed by atoms with Crippen LogP contribution in [-0.2, 0) is 6.18 Å². The van der Waals surface area contributed by atoms with Crippen LogP contribution in [0.15, 0.2) is 30.3 Å². The number of benzene rings is 1. The van der Waals surface area contributed by atoms with Gasteiger partial charge in [-0.15, -0.1) is 10.2 Å². The number of hydrogen-bond donors (Lipinski definition) is 2. The van der Waals surface area contributed by atoms with Crippen LogP contribution in [-0.4, -0.2) is 59.8 Å². The summed E-state index contributed by atoms with van der Waals surface area (Å²) in [5, 5.41) is 13.4. The third-order valence-electron chi connectivity index (χ3n) is 5.55. The van der Waals surface area contributed by atoms with Crippen molar-refractivity contribution in [1.82, 2.24) is 20.4 Å². The van der Waals surface area contributed by atoms with Crippen molar-refractivity contribution in [2.24, 2.45) is 5.92 Å². The number of anilines is 2. The first-order valence-electron chi connectivity index (χ1n) is 10.5. The van der Waals surface area contributed by atoms with Crippen LogP contribution in [0.2, 0.25) is 0 Å². The maximum absolute atomic E-state index is 13.5. The molecule has 176 valence electrons. The summed E-state index contributed by atoms with van der Waals surface area (Å²) in [7, 11) is 0. The highest BCUT2D eigenvalue weighted by Crippen LogP contribution is 2.33. The zero-order valence-corrected chi connectivity index (χ0v) is 17.5. The predicted molar refractivity (Wildman–Crippen MR) is 111 cm³/mol. The molecular weight excluding hydrogens is 444 g/mol. The van der Waals surface area contributed by atoms with Gasteiger partial charge in [-0.2, -0.15) is 13.2 Å². The van der Waals surface area contributed by atoms with Crippen molar-refractivity contribution in [3.8, 4) is 0 Å². The van der Waals surface area contributed by atoms with Gasteiger partial charge in [0.05, 0.1) is 11.1 Å². The fourth-order valence-corrected chi connectivity index (χ4v) is 3.53. The summed E-state index contributed by atoms with van der Waals surface area (Å²) < 4.78 is 53.3. The number of rotatable bonds is 5. The van der Waals surface area contributed by atoms with Crippen molar-refractivity contribution in [1.29, 1.82) is 0 Å². The molecule has 1 aromatic heterocycles. The minimum absolute atomic E-state index is 0.137. The third-order valence-corrected chi connectivity index (χ3v) is 5.55. The van der Waals surface area contributed by atoms with Gasteiger partial charge in [0, 0.05) is 32.7 Å². The van der Waals surface area contributed by atoms with Crippen LogP contribution in [0.25, 0.3) is 0 Å². The molecule has 1 saturated heterocycles. The second-order valence-corrected chi connectivity index (χ2v) is 8.02. The van der Waals surface area contributed by atoms with E-state index in [4.69, 9.17) is 0 Å². The molecule has 0 radical (unpaired) electrons. The third kappa shape index (κ3) is 5.68. The normalized spacial score (nSPS) is 16.5. The summed E-state index contributed by atoms with van der Waals surface area (Å²) in [4.78, 5) is 27.6. The smallest absolute Gasteiger partial charge is 0.352 e. The number of carbonyl (C=O) groups is 2. The molecule has 0 unspecified atom stereocenters. The molecule has 3 amide bonds. The van der Waals surface area contributed by atoms with E-state index in [0.29, 0.717) is 49.6 Å². The first-order chi connectivity index (χ1) is 15.7. The molecule has 0 bridgehead atoms. The Bertz CT molecular complexity index is 1020. The second-order valence-electron chi connectivity index (χ2n) is 8.02. The number of nitrogens with zero attached hydrogens (tertiary/aromatic N) is 4. The summed E-state index contributed by atoms with van der Waals surface area (Å²) >= 11 is 0. The summed E-state index contributed by atoms with van der Waals surface area (Å²) in [6, 6.07) is 4.79. The van der Waals surface area contributed by atoms with Crippen molar-refractivity contribution >= 4 is 23.6 Å². The Morgan fingerprint density at radius 2 is 1.76 bits per heavy atom. The number of hydrogen-bond acceptors (Lipinski definition) is 5. The molecule has 2 aromatic rings. The number of piperazine rings is 1. The van der Waals surface area contributed by atoms with Crippen LogP contribution in [0.4, 0.5) is 34.0 Å². The molecule has 1 aliphatic heterocycles. The van der Waals surface area contributed by atoms with Crippen LogP contribution >= 0.6 is 0 Å². The number of halogens is 4. The van der Waals surface area contributed by atoms with Gasteiger partial charge in [0.25, 0.3) is 5.91 Å². The fourth-order valence-electron chi connectivity index (χ4n) is 3.53. The number of aromatic nitrogens is 2. The molecule has 2 heterocycles. The summed E-state index contributed by atoms with van der Waals surface area (Å²) in [6.45, 7) is 1.52. The average Bonchev–Trinajstić information content (AvgIpc) is 3.62. The van der Waals surface area contributed by atoms with Crippen LogP contribution in [0.3, 0.4) is 0 Å². The van der Waals surface area contributed by atoms with Crippen molar-refractivity contribution in [2.45, 2.75) is 19.0 Å². The highest BCUT2D eigenvalue weighted by molar-refractivity contribution is 5.96. The Labute approximate surface area is 187 Å². The molecule has 0 atom stereocenters. The monoisotopic (exact) mass is 466 g/mol. The fraction of sp³-hybridized carbons (Fsp3) is 0.429. The number of alkyl halides is 3. The molecule has 12 heteroatoms. The van der Waals surface area contributed by atoms with Gasteiger partial charge < -0.3 is 15.1 Å². The van der Waals surface area contributed by atoms with Crippen LogP contribution in [0.1, 0.15) is 28.8 Å². The maximum atomic E-state index is 13.5. The Kier molecular flexibility index (Phi) is 6.34. The first-order valence-corrected chi connectivity index (χ1v) is 10.5. The lowest BCUT2D eigenvalue weighted by molar-refractivity contribution is -0.138. The summed E-state index contributed by atoms with van der Waals surface area (Å²) in [5.74, 6) is -0.436. The topological polar surface area (TPSA) is 90.5 Å². The highest BCUT2D eigenvalue weighted by atomic mass is 19.4. The highest BCUT2D eigenvalue weighted by Gasteiger charge is 2.37. The zero-order valence-electron chi connectivity index (χ0n) is 17.5. The van der Waals surface area contributed by atoms with Gasteiger partial charge in [0.2, 0.25) is 0 Å². The standard InChI is InChI=1S/C21H22F4N6O2/c22-14-3-4-16(21(23,24)25)15(11-14)19(32)31-9-7-30(8-10-31)18-6-5-17(28-29-18)27-20(33)26-12-13-1-2-13/h3-6,11,13H,1-2,7-10,12H2,(H2,26,27,28,33). The van der Waals surface area contributed by atoms with Crippen molar-refractivity contribution < 1.29 is 27.2 Å². The molecule has 1 saturated carbocycles. The van der Waals surface area contributed by atoms with Crippen molar-refractivity contribution in [3.63, 3.8) is 0 Å². The Morgan fingerprint density at radius 1 is 1.03 bits per heavy atom. The van der Waals surface area contributed by atoms with Crippen LogP contribution in [0, 0.1) is 11.7 Å². The van der Waals surface area contributed by atoms with E-state index in [1.165, 1.54) is 4.90 Å². The van der Waals surface area contributed by atoms with E-state index in [-0.39, 0.29) is 24.9 Å². The van der Waals surface area contributed by atoms with Crippen molar-refractivity contribution in [3.05, 3.63) is 47.3 Å². The van der Waals surface area contributed by atoms with Gasteiger partial charge in [0.15, 0.2) is 11.6 Å². The number of urea groups is 1. The zero-order chi connectivity index (χ0) is 23.6. The Morgan fingerprint density at radius 3 is 2.36 bits per heavy atom. The Balaban J connectivity index is 1.34. The van der Waals surface area contributed by atoms with Gasteiger partial charge in [-0.1, -0.05) is 0 Å². The van der Waals surface area contributed by atoms with E-state index >= 15 is 0 Å². The molecule has 1 aliphatic carbocycles. The second kappa shape index (κ2) is 9.20. The number of carbonyl (C=O) groups excluding carboxylic acids is 2. The lowest BCUT2D eigenvalue weighted by Gasteiger charge is -2.35. The molecule has 1 aromatic carbocycles. The van der Waals surface area contributed by atoms with Crippen LogP contribution in [0.5, 0.6) is 0 Å². The maximum Gasteiger partial charge on any atom is 0.417 e. The minimum Gasteiger partial charge on any atom is -0.352 e. The van der Waals surface area contributed by atoms with Crippen molar-refractivity contribution in [2.75, 3.05) is 42.9 Å². The molecule has 2 fully saturated rings. The molecule has 2 N–H and O–H groups in total. The molecule has 2 aliphatic rings. The average molecular weight is 466 g/mol. The summed E-state index contributed by atoms with van der Waals surface area (Å²) in [5.41, 5.74) is -1.86. The van der Waals surface area contributed by atoms with E-state index < -0.39 is 29.0 Å². The van der Waals surface area contributed by atoms with Gasteiger partial charge >= 0.3 is 12.2 Å². The first kappa shape index (κ1) is 22.7. The Hall–Kier alpha value is -3.44. The SMILES string of the molecule is O=C(NCC1CC1)Nc1ccc(N2CCN(C(=O)c3cc(F)ccc3C(F)(F)F)CC2)nn1. The predicted octanol–water partition coefficient (Wildman–Crippen LogP) is 3.13. The van der Waals surface area contributed by atoms with Gasteiger partial charge in [-0.3, -0.25) is 10.1 Å². The molecule has 0 spiro atoms. The minimum atomic E-state index is -4.76. The quantitative estimate of drug-likeness (QED) is 0.661. The van der Waals surface area contributed by atoms with E-state index in [1.54, 1.807) is 12.1 Å². The van der Waals surface area contributed by atoms with E-state index in [2.05, 4.69) is 20.8 Å². The summed E-state index contributed by atoms with van der Waals surface area (Å²) in [6.07, 6.45) is -2.51. The largest absolute Gasteiger partial charge is 0.417 e. The van der Waals surface area contributed by atoms with Gasteiger partial charge in [0.1, 0.15) is 5.82 Å². The van der Waals surface area contributed by atoms with Gasteiger partial charge in [-0.25, -0.2) is 9.18 Å². The van der Waals surface area contributed by atoms with Crippen LogP contribution < -0.4 is 15.5 Å². The van der Waals surface area contributed by atoms with Gasteiger partial charge in [-0.05, 0) is 49.1 Å². The lowest BCUT2D eigenvalue weighted by Crippen LogP contribution is -2.49. The lowest BCUT2D eigenvalue weighted by atomic mass is 10.0.